The topological polar surface area (TPSA) is 114 Å². The van der Waals surface area contributed by atoms with E-state index in [1.165, 1.54) is 12.8 Å². The first kappa shape index (κ1) is 23.2. The Labute approximate surface area is 210 Å². The predicted molar refractivity (Wildman–Crippen MR) is 138 cm³/mol. The van der Waals surface area contributed by atoms with Gasteiger partial charge in [-0.2, -0.15) is 4.98 Å². The molecule has 1 N–H and O–H groups in total. The Kier molecular flexibility index (Phi) is 5.83. The molecule has 0 radical (unpaired) electrons. The Bertz CT molecular complexity index is 1350. The average Bonchev–Trinajstić information content (AvgIpc) is 3.44. The smallest absolute Gasteiger partial charge is 0.260 e. The van der Waals surface area contributed by atoms with Crippen LogP contribution in [-0.4, -0.2) is 69.2 Å². The molecule has 0 atom stereocenters. The standard InChI is InChI=1S/C25H30N6O4S/c1-36(32,33)29-18-5-6-19(21(17-18)30-11-9-25(7-8-25)10-12-30)24-27-23(28-35-24)20-3-2-4-22(26-20)31-13-15-34-16-14-31/h2-6,17,29H,7-16H2,1H3. The summed E-state index contributed by atoms with van der Waals surface area (Å²) in [6, 6.07) is 11.2. The van der Waals surface area contributed by atoms with Crippen molar-refractivity contribution >= 4 is 27.2 Å². The molecule has 1 saturated carbocycles. The number of piperidine rings is 1. The van der Waals surface area contributed by atoms with Crippen molar-refractivity contribution in [3.63, 3.8) is 0 Å². The molecule has 2 aromatic heterocycles. The summed E-state index contributed by atoms with van der Waals surface area (Å²) < 4.78 is 37.5. The minimum Gasteiger partial charge on any atom is -0.378 e. The zero-order chi connectivity index (χ0) is 24.8. The van der Waals surface area contributed by atoms with E-state index >= 15 is 0 Å². The fraction of sp³-hybridized carbons (Fsp3) is 0.480. The molecule has 2 aliphatic heterocycles. The fourth-order valence-corrected chi connectivity index (χ4v) is 5.66. The average molecular weight is 511 g/mol. The van der Waals surface area contributed by atoms with Crippen molar-refractivity contribution in [1.82, 2.24) is 15.1 Å². The number of benzene rings is 1. The van der Waals surface area contributed by atoms with Gasteiger partial charge in [0, 0.05) is 26.2 Å². The van der Waals surface area contributed by atoms with E-state index in [1.807, 2.05) is 30.3 Å². The minimum absolute atomic E-state index is 0.385. The van der Waals surface area contributed by atoms with Crippen molar-refractivity contribution in [2.75, 3.05) is 60.2 Å². The lowest BCUT2D eigenvalue weighted by Gasteiger charge is -2.34. The van der Waals surface area contributed by atoms with E-state index in [9.17, 15) is 8.42 Å². The summed E-state index contributed by atoms with van der Waals surface area (Å²) in [5.41, 5.74) is 3.35. The van der Waals surface area contributed by atoms with Crippen molar-refractivity contribution in [1.29, 1.82) is 0 Å². The van der Waals surface area contributed by atoms with Gasteiger partial charge in [-0.15, -0.1) is 0 Å². The summed E-state index contributed by atoms with van der Waals surface area (Å²) in [6.45, 7) is 4.79. The second kappa shape index (κ2) is 9.04. The van der Waals surface area contributed by atoms with Crippen molar-refractivity contribution in [3.8, 4) is 23.0 Å². The molecule has 10 nitrogen and oxygen atoms in total. The lowest BCUT2D eigenvalue weighted by atomic mass is 9.93. The molecule has 4 heterocycles. The molecule has 1 spiro atoms. The Morgan fingerprint density at radius 1 is 0.944 bits per heavy atom. The van der Waals surface area contributed by atoms with Gasteiger partial charge in [-0.1, -0.05) is 11.2 Å². The number of ether oxygens (including phenoxy) is 1. The minimum atomic E-state index is -3.40. The highest BCUT2D eigenvalue weighted by Gasteiger charge is 2.44. The maximum absolute atomic E-state index is 11.9. The summed E-state index contributed by atoms with van der Waals surface area (Å²) >= 11 is 0. The Balaban J connectivity index is 1.31. The summed E-state index contributed by atoms with van der Waals surface area (Å²) in [7, 11) is -3.40. The molecule has 1 aromatic carbocycles. The molecule has 6 rings (SSSR count). The fourth-order valence-electron chi connectivity index (χ4n) is 5.10. The Hall–Kier alpha value is -3.18. The van der Waals surface area contributed by atoms with E-state index in [-0.39, 0.29) is 0 Å². The highest BCUT2D eigenvalue weighted by Crippen LogP contribution is 2.54. The van der Waals surface area contributed by atoms with Gasteiger partial charge in [0.25, 0.3) is 5.89 Å². The van der Waals surface area contributed by atoms with Crippen molar-refractivity contribution in [2.45, 2.75) is 25.7 Å². The van der Waals surface area contributed by atoms with Crippen molar-refractivity contribution in [3.05, 3.63) is 36.4 Å². The van der Waals surface area contributed by atoms with Gasteiger partial charge in [-0.05, 0) is 61.4 Å². The van der Waals surface area contributed by atoms with Crippen LogP contribution in [-0.2, 0) is 14.8 Å². The molecule has 0 bridgehead atoms. The van der Waals surface area contributed by atoms with Gasteiger partial charge in [-0.25, -0.2) is 13.4 Å². The number of sulfonamides is 1. The number of nitrogens with one attached hydrogen (secondary N) is 1. The second-order valence-corrected chi connectivity index (χ2v) is 11.7. The summed E-state index contributed by atoms with van der Waals surface area (Å²) in [5.74, 6) is 1.66. The molecule has 3 aliphatic rings. The number of nitrogens with zero attached hydrogens (tertiary/aromatic N) is 5. The third-order valence-corrected chi connectivity index (χ3v) is 7.98. The van der Waals surface area contributed by atoms with E-state index in [0.29, 0.717) is 41.7 Å². The van der Waals surface area contributed by atoms with Crippen LogP contribution in [0.2, 0.25) is 0 Å². The van der Waals surface area contributed by atoms with Gasteiger partial charge >= 0.3 is 0 Å². The van der Waals surface area contributed by atoms with Gasteiger partial charge in [0.2, 0.25) is 15.8 Å². The molecule has 190 valence electrons. The highest BCUT2D eigenvalue weighted by atomic mass is 32.2. The van der Waals surface area contributed by atoms with Gasteiger partial charge < -0.3 is 19.1 Å². The third kappa shape index (κ3) is 4.90. The molecule has 0 amide bonds. The van der Waals surface area contributed by atoms with Gasteiger partial charge in [0.05, 0.1) is 36.4 Å². The highest BCUT2D eigenvalue weighted by molar-refractivity contribution is 7.92. The number of rotatable bonds is 6. The lowest BCUT2D eigenvalue weighted by molar-refractivity contribution is 0.122. The number of hydrogen-bond acceptors (Lipinski definition) is 9. The van der Waals surface area contributed by atoms with Gasteiger partial charge in [0.15, 0.2) is 0 Å². The summed E-state index contributed by atoms with van der Waals surface area (Å²) in [5, 5.41) is 4.23. The van der Waals surface area contributed by atoms with Gasteiger partial charge in [0.1, 0.15) is 11.5 Å². The zero-order valence-electron chi connectivity index (χ0n) is 20.3. The first-order chi connectivity index (χ1) is 17.4. The molecule has 36 heavy (non-hydrogen) atoms. The van der Waals surface area contributed by atoms with Crippen LogP contribution in [0.5, 0.6) is 0 Å². The van der Waals surface area contributed by atoms with E-state index in [1.54, 1.807) is 6.07 Å². The third-order valence-electron chi connectivity index (χ3n) is 7.38. The number of hydrogen-bond donors (Lipinski definition) is 1. The number of anilines is 3. The first-order valence-electron chi connectivity index (χ1n) is 12.4. The predicted octanol–water partition coefficient (Wildman–Crippen LogP) is 3.39. The molecule has 3 aromatic rings. The molecule has 11 heteroatoms. The molecule has 0 unspecified atom stereocenters. The van der Waals surface area contributed by atoms with Crippen LogP contribution >= 0.6 is 0 Å². The van der Waals surface area contributed by atoms with Crippen LogP contribution in [0.15, 0.2) is 40.9 Å². The van der Waals surface area contributed by atoms with E-state index in [4.69, 9.17) is 14.2 Å². The monoisotopic (exact) mass is 510 g/mol. The number of pyridine rings is 1. The maximum Gasteiger partial charge on any atom is 0.260 e. The maximum atomic E-state index is 11.9. The lowest BCUT2D eigenvalue weighted by Crippen LogP contribution is -2.36. The number of morpholine rings is 1. The largest absolute Gasteiger partial charge is 0.378 e. The molecule has 3 fully saturated rings. The van der Waals surface area contributed by atoms with E-state index < -0.39 is 10.0 Å². The molecule has 2 saturated heterocycles. The Morgan fingerprint density at radius 3 is 2.44 bits per heavy atom. The summed E-state index contributed by atoms with van der Waals surface area (Å²) in [6.07, 6.45) is 6.06. The zero-order valence-corrected chi connectivity index (χ0v) is 21.1. The van der Waals surface area contributed by atoms with Crippen LogP contribution in [0.3, 0.4) is 0 Å². The summed E-state index contributed by atoms with van der Waals surface area (Å²) in [4.78, 5) is 13.9. The Morgan fingerprint density at radius 2 is 1.72 bits per heavy atom. The molecular formula is C25H30N6O4S. The SMILES string of the molecule is CS(=O)(=O)Nc1ccc(-c2nc(-c3cccc(N4CCOCC4)n3)no2)c(N2CCC3(CC2)CC3)c1. The van der Waals surface area contributed by atoms with Crippen molar-refractivity contribution < 1.29 is 17.7 Å². The van der Waals surface area contributed by atoms with E-state index in [2.05, 4.69) is 24.7 Å². The quantitative estimate of drug-likeness (QED) is 0.533. The van der Waals surface area contributed by atoms with Gasteiger partial charge in [-0.3, -0.25) is 4.72 Å². The molecule has 1 aliphatic carbocycles. The van der Waals surface area contributed by atoms with Crippen LogP contribution in [0.25, 0.3) is 23.0 Å². The van der Waals surface area contributed by atoms with Crippen molar-refractivity contribution in [2.24, 2.45) is 5.41 Å². The molecular weight excluding hydrogens is 480 g/mol. The van der Waals surface area contributed by atoms with Crippen LogP contribution in [0.1, 0.15) is 25.7 Å². The van der Waals surface area contributed by atoms with Crippen LogP contribution in [0.4, 0.5) is 17.2 Å². The van der Waals surface area contributed by atoms with Crippen LogP contribution < -0.4 is 14.5 Å². The first-order valence-corrected chi connectivity index (χ1v) is 14.3. The second-order valence-electron chi connectivity index (χ2n) is 10.00. The number of aromatic nitrogens is 3. The normalized spacial score (nSPS) is 19.5. The van der Waals surface area contributed by atoms with E-state index in [0.717, 1.165) is 62.3 Å². The van der Waals surface area contributed by atoms with Crippen LogP contribution in [0, 0.1) is 5.41 Å².